The standard InChI is InChI=1S/C16H9ClF4N2/c17-10-6-4-9(5-7-10)13-8-22-15(23-13)14-11(16(19,20)21)2-1-3-12(14)18/h1-8H,(H,22,23). The van der Waals surface area contributed by atoms with E-state index in [1.807, 2.05) is 0 Å². The second-order valence-corrected chi connectivity index (χ2v) is 5.25. The van der Waals surface area contributed by atoms with Crippen molar-refractivity contribution in [3.8, 4) is 22.6 Å². The average Bonchev–Trinajstić information content (AvgIpc) is 2.96. The number of halogens is 5. The zero-order valence-electron chi connectivity index (χ0n) is 11.5. The van der Waals surface area contributed by atoms with Gasteiger partial charge in [0.2, 0.25) is 0 Å². The Balaban J connectivity index is 2.09. The summed E-state index contributed by atoms with van der Waals surface area (Å²) in [6, 6.07) is 9.46. The summed E-state index contributed by atoms with van der Waals surface area (Å²) in [5.41, 5.74) is -0.527. The molecule has 2 aromatic carbocycles. The maximum atomic E-state index is 14.0. The van der Waals surface area contributed by atoms with Gasteiger partial charge in [-0.2, -0.15) is 13.2 Å². The van der Waals surface area contributed by atoms with E-state index in [0.717, 1.165) is 18.2 Å². The van der Waals surface area contributed by atoms with E-state index >= 15 is 0 Å². The van der Waals surface area contributed by atoms with Crippen molar-refractivity contribution in [2.24, 2.45) is 0 Å². The Hall–Kier alpha value is -2.34. The van der Waals surface area contributed by atoms with E-state index in [1.165, 1.54) is 6.20 Å². The third-order valence-corrected chi connectivity index (χ3v) is 3.54. The molecule has 2 nitrogen and oxygen atoms in total. The Morgan fingerprint density at radius 3 is 2.35 bits per heavy atom. The number of alkyl halides is 3. The van der Waals surface area contributed by atoms with Crippen molar-refractivity contribution >= 4 is 11.6 Å². The first kappa shape index (κ1) is 15.6. The SMILES string of the molecule is Fc1cccc(C(F)(F)F)c1-c1ncc(-c2ccc(Cl)cc2)[nH]1. The monoisotopic (exact) mass is 340 g/mol. The molecule has 0 unspecified atom stereocenters. The van der Waals surface area contributed by atoms with Crippen molar-refractivity contribution in [2.75, 3.05) is 0 Å². The van der Waals surface area contributed by atoms with Gasteiger partial charge < -0.3 is 4.98 Å². The van der Waals surface area contributed by atoms with Crippen LogP contribution in [0.4, 0.5) is 17.6 Å². The number of hydrogen-bond donors (Lipinski definition) is 1. The molecule has 0 aliphatic carbocycles. The van der Waals surface area contributed by atoms with Gasteiger partial charge in [0.15, 0.2) is 0 Å². The molecule has 23 heavy (non-hydrogen) atoms. The molecule has 0 amide bonds. The second-order valence-electron chi connectivity index (χ2n) is 4.81. The molecule has 0 aliphatic rings. The van der Waals surface area contributed by atoms with Crippen LogP contribution < -0.4 is 0 Å². The lowest BCUT2D eigenvalue weighted by molar-refractivity contribution is -0.137. The lowest BCUT2D eigenvalue weighted by Crippen LogP contribution is -2.09. The lowest BCUT2D eigenvalue weighted by atomic mass is 10.1. The summed E-state index contributed by atoms with van der Waals surface area (Å²) >= 11 is 5.79. The molecule has 7 heteroatoms. The normalized spacial score (nSPS) is 11.7. The molecular weight excluding hydrogens is 332 g/mol. The van der Waals surface area contributed by atoms with Gasteiger partial charge in [-0.1, -0.05) is 29.8 Å². The van der Waals surface area contributed by atoms with Crippen LogP contribution in [-0.2, 0) is 6.18 Å². The lowest BCUT2D eigenvalue weighted by Gasteiger charge is -2.11. The van der Waals surface area contributed by atoms with Gasteiger partial charge in [0.1, 0.15) is 11.6 Å². The van der Waals surface area contributed by atoms with Crippen LogP contribution in [0, 0.1) is 5.82 Å². The summed E-state index contributed by atoms with van der Waals surface area (Å²) in [5.74, 6) is -1.17. The van der Waals surface area contributed by atoms with Gasteiger partial charge in [0, 0.05) is 5.02 Å². The van der Waals surface area contributed by atoms with Crippen molar-refractivity contribution in [3.63, 3.8) is 0 Å². The predicted octanol–water partition coefficient (Wildman–Crippen LogP) is 5.56. The Morgan fingerprint density at radius 1 is 1.00 bits per heavy atom. The number of imidazole rings is 1. The number of rotatable bonds is 2. The molecule has 1 heterocycles. The van der Waals surface area contributed by atoms with E-state index in [9.17, 15) is 17.6 Å². The third-order valence-electron chi connectivity index (χ3n) is 3.29. The molecule has 1 N–H and O–H groups in total. The molecule has 0 fully saturated rings. The molecule has 0 aliphatic heterocycles. The third kappa shape index (κ3) is 3.07. The average molecular weight is 341 g/mol. The molecule has 1 aromatic heterocycles. The van der Waals surface area contributed by atoms with Crippen molar-refractivity contribution in [2.45, 2.75) is 6.18 Å². The highest BCUT2D eigenvalue weighted by atomic mass is 35.5. The fourth-order valence-corrected chi connectivity index (χ4v) is 2.35. The van der Waals surface area contributed by atoms with Crippen molar-refractivity contribution < 1.29 is 17.6 Å². The molecule has 0 spiro atoms. The van der Waals surface area contributed by atoms with Crippen LogP contribution in [0.2, 0.25) is 5.02 Å². The van der Waals surface area contributed by atoms with Gasteiger partial charge in [-0.05, 0) is 29.8 Å². The number of hydrogen-bond acceptors (Lipinski definition) is 1. The molecule has 118 valence electrons. The van der Waals surface area contributed by atoms with Crippen molar-refractivity contribution in [1.29, 1.82) is 0 Å². The van der Waals surface area contributed by atoms with E-state index < -0.39 is 23.1 Å². The van der Waals surface area contributed by atoms with Crippen LogP contribution in [0.5, 0.6) is 0 Å². The first-order valence-electron chi connectivity index (χ1n) is 6.53. The first-order chi connectivity index (χ1) is 10.9. The van der Waals surface area contributed by atoms with Crippen LogP contribution in [0.25, 0.3) is 22.6 Å². The number of H-pyrrole nitrogens is 1. The van der Waals surface area contributed by atoms with E-state index in [4.69, 9.17) is 11.6 Å². The Bertz CT molecular complexity index is 838. The molecule has 3 aromatic rings. The molecule has 0 bridgehead atoms. The van der Waals surface area contributed by atoms with E-state index in [2.05, 4.69) is 9.97 Å². The number of aromatic amines is 1. The maximum absolute atomic E-state index is 14.0. The minimum absolute atomic E-state index is 0.180. The van der Waals surface area contributed by atoms with E-state index in [-0.39, 0.29) is 5.82 Å². The summed E-state index contributed by atoms with van der Waals surface area (Å²) in [6.07, 6.45) is -3.32. The maximum Gasteiger partial charge on any atom is 0.417 e. The fraction of sp³-hybridized carbons (Fsp3) is 0.0625. The van der Waals surface area contributed by atoms with E-state index in [0.29, 0.717) is 16.3 Å². The van der Waals surface area contributed by atoms with Gasteiger partial charge in [0.25, 0.3) is 0 Å². The number of nitrogens with one attached hydrogen (secondary N) is 1. The van der Waals surface area contributed by atoms with Crippen LogP contribution in [0.1, 0.15) is 5.56 Å². The summed E-state index contributed by atoms with van der Waals surface area (Å²) < 4.78 is 53.1. The highest BCUT2D eigenvalue weighted by Crippen LogP contribution is 2.37. The smallest absolute Gasteiger partial charge is 0.338 e. The summed E-state index contributed by atoms with van der Waals surface area (Å²) in [5, 5.41) is 0.530. The molecule has 0 saturated carbocycles. The minimum atomic E-state index is -4.68. The van der Waals surface area contributed by atoms with E-state index in [1.54, 1.807) is 24.3 Å². The summed E-state index contributed by atoms with van der Waals surface area (Å²) in [4.78, 5) is 6.62. The van der Waals surface area contributed by atoms with Gasteiger partial charge >= 0.3 is 6.18 Å². The van der Waals surface area contributed by atoms with Gasteiger partial charge in [-0.15, -0.1) is 0 Å². The molecule has 0 atom stereocenters. The van der Waals surface area contributed by atoms with Gasteiger partial charge in [0.05, 0.1) is 23.0 Å². The first-order valence-corrected chi connectivity index (χ1v) is 6.91. The quantitative estimate of drug-likeness (QED) is 0.608. The molecular formula is C16H9ClF4N2. The Morgan fingerprint density at radius 2 is 1.70 bits per heavy atom. The zero-order chi connectivity index (χ0) is 16.6. The second kappa shape index (κ2) is 5.70. The number of benzene rings is 2. The van der Waals surface area contributed by atoms with Gasteiger partial charge in [-0.3, -0.25) is 0 Å². The Labute approximate surface area is 133 Å². The van der Waals surface area contributed by atoms with Gasteiger partial charge in [-0.25, -0.2) is 9.37 Å². The van der Waals surface area contributed by atoms with Crippen molar-refractivity contribution in [1.82, 2.24) is 9.97 Å². The molecule has 0 radical (unpaired) electrons. The summed E-state index contributed by atoms with van der Waals surface area (Å²) in [6.45, 7) is 0. The molecule has 3 rings (SSSR count). The Kier molecular flexibility index (Phi) is 3.85. The topological polar surface area (TPSA) is 28.7 Å². The number of nitrogens with zero attached hydrogens (tertiary/aromatic N) is 1. The fourth-order valence-electron chi connectivity index (χ4n) is 2.23. The van der Waals surface area contributed by atoms with Crippen LogP contribution in [0.3, 0.4) is 0 Å². The predicted molar refractivity (Wildman–Crippen MR) is 79.4 cm³/mol. The largest absolute Gasteiger partial charge is 0.417 e. The minimum Gasteiger partial charge on any atom is -0.338 e. The van der Waals surface area contributed by atoms with Crippen LogP contribution >= 0.6 is 11.6 Å². The summed E-state index contributed by atoms with van der Waals surface area (Å²) in [7, 11) is 0. The molecule has 0 saturated heterocycles. The highest BCUT2D eigenvalue weighted by molar-refractivity contribution is 6.30. The number of aromatic nitrogens is 2. The van der Waals surface area contributed by atoms with Crippen LogP contribution in [-0.4, -0.2) is 9.97 Å². The van der Waals surface area contributed by atoms with Crippen molar-refractivity contribution in [3.05, 3.63) is 65.1 Å². The zero-order valence-corrected chi connectivity index (χ0v) is 12.2. The highest BCUT2D eigenvalue weighted by Gasteiger charge is 2.35. The van der Waals surface area contributed by atoms with Crippen LogP contribution in [0.15, 0.2) is 48.7 Å².